The van der Waals surface area contributed by atoms with Gasteiger partial charge in [-0.2, -0.15) is 0 Å². The van der Waals surface area contributed by atoms with Gasteiger partial charge in [-0.05, 0) is 26.3 Å². The van der Waals surface area contributed by atoms with Crippen LogP contribution in [0.25, 0.3) is 0 Å². The summed E-state index contributed by atoms with van der Waals surface area (Å²) in [6.07, 6.45) is 3.77. The molecular formula is C19H23FN4. The Hall–Kier alpha value is -2.17. The summed E-state index contributed by atoms with van der Waals surface area (Å²) >= 11 is 0. The first kappa shape index (κ1) is 15.4. The Kier molecular flexibility index (Phi) is 3.31. The lowest BCUT2D eigenvalue weighted by molar-refractivity contribution is 0.0586. The van der Waals surface area contributed by atoms with Gasteiger partial charge in [-0.25, -0.2) is 14.4 Å². The van der Waals surface area contributed by atoms with Crippen LogP contribution in [-0.4, -0.2) is 22.2 Å². The molecule has 126 valence electrons. The van der Waals surface area contributed by atoms with Gasteiger partial charge in [0, 0.05) is 29.9 Å². The van der Waals surface area contributed by atoms with Gasteiger partial charge in [-0.3, -0.25) is 0 Å². The van der Waals surface area contributed by atoms with Crippen molar-refractivity contribution in [2.24, 2.45) is 5.92 Å². The molecule has 0 amide bonds. The average Bonchev–Trinajstić information content (AvgIpc) is 2.95. The van der Waals surface area contributed by atoms with E-state index in [4.69, 9.17) is 0 Å². The average molecular weight is 326 g/mol. The third-order valence-electron chi connectivity index (χ3n) is 5.53. The van der Waals surface area contributed by atoms with Gasteiger partial charge in [-0.15, -0.1) is 0 Å². The standard InChI is InChI=1S/C19H23FN4/c1-5-19(20)13(4)18-23(12(2)3)16-17(22-11-10-21-16)24(18)15-9-7-6-8-14(15)19/h6-13,18H,5H2,1-4H3. The molecule has 2 aliphatic rings. The molecule has 0 bridgehead atoms. The zero-order valence-corrected chi connectivity index (χ0v) is 14.6. The summed E-state index contributed by atoms with van der Waals surface area (Å²) in [6, 6.07) is 8.02. The number of alkyl halides is 1. The smallest absolute Gasteiger partial charge is 0.178 e. The summed E-state index contributed by atoms with van der Waals surface area (Å²) in [4.78, 5) is 13.5. The molecule has 3 atom stereocenters. The molecule has 5 heteroatoms. The van der Waals surface area contributed by atoms with Crippen molar-refractivity contribution in [2.75, 3.05) is 9.80 Å². The van der Waals surface area contributed by atoms with Crippen molar-refractivity contribution in [1.29, 1.82) is 0 Å². The van der Waals surface area contributed by atoms with E-state index in [0.29, 0.717) is 6.42 Å². The van der Waals surface area contributed by atoms with Gasteiger partial charge in [0.05, 0.1) is 5.69 Å². The van der Waals surface area contributed by atoms with Crippen molar-refractivity contribution in [3.8, 4) is 0 Å². The molecular weight excluding hydrogens is 303 g/mol. The summed E-state index contributed by atoms with van der Waals surface area (Å²) in [5.74, 6) is 1.48. The van der Waals surface area contributed by atoms with Crippen molar-refractivity contribution >= 4 is 17.3 Å². The Morgan fingerprint density at radius 3 is 2.50 bits per heavy atom. The molecule has 2 aliphatic heterocycles. The second-order valence-corrected chi connectivity index (χ2v) is 7.01. The fourth-order valence-corrected chi connectivity index (χ4v) is 4.35. The summed E-state index contributed by atoms with van der Waals surface area (Å²) in [6.45, 7) is 8.20. The number of nitrogens with zero attached hydrogens (tertiary/aromatic N) is 4. The number of hydrogen-bond donors (Lipinski definition) is 0. The van der Waals surface area contributed by atoms with Gasteiger partial charge in [0.1, 0.15) is 11.8 Å². The Labute approximate surface area is 142 Å². The van der Waals surface area contributed by atoms with Crippen LogP contribution in [0.5, 0.6) is 0 Å². The largest absolute Gasteiger partial charge is 0.330 e. The minimum atomic E-state index is -1.35. The number of hydrogen-bond acceptors (Lipinski definition) is 4. The lowest BCUT2D eigenvalue weighted by Gasteiger charge is -2.49. The Morgan fingerprint density at radius 2 is 1.83 bits per heavy atom. The van der Waals surface area contributed by atoms with Gasteiger partial charge in [-0.1, -0.05) is 32.0 Å². The van der Waals surface area contributed by atoms with Crippen LogP contribution in [0.15, 0.2) is 36.7 Å². The van der Waals surface area contributed by atoms with E-state index in [-0.39, 0.29) is 18.1 Å². The fourth-order valence-electron chi connectivity index (χ4n) is 4.35. The molecule has 1 aromatic heterocycles. The van der Waals surface area contributed by atoms with Crippen molar-refractivity contribution < 1.29 is 4.39 Å². The highest BCUT2D eigenvalue weighted by Crippen LogP contribution is 2.56. The van der Waals surface area contributed by atoms with E-state index in [1.165, 1.54) is 0 Å². The van der Waals surface area contributed by atoms with E-state index in [2.05, 4.69) is 33.6 Å². The first-order chi connectivity index (χ1) is 11.5. The van der Waals surface area contributed by atoms with Gasteiger partial charge in [0.15, 0.2) is 11.6 Å². The Balaban J connectivity index is 2.01. The molecule has 0 radical (unpaired) electrons. The van der Waals surface area contributed by atoms with Crippen LogP contribution in [0, 0.1) is 5.92 Å². The Bertz CT molecular complexity index is 777. The summed E-state index contributed by atoms with van der Waals surface area (Å²) in [7, 11) is 0. The van der Waals surface area contributed by atoms with Gasteiger partial charge in [0.2, 0.25) is 0 Å². The molecule has 2 aromatic rings. The van der Waals surface area contributed by atoms with Gasteiger partial charge in [0.25, 0.3) is 0 Å². The maximum Gasteiger partial charge on any atom is 0.178 e. The molecule has 3 heterocycles. The van der Waals surface area contributed by atoms with E-state index >= 15 is 4.39 Å². The van der Waals surface area contributed by atoms with E-state index in [1.807, 2.05) is 38.1 Å². The number of benzene rings is 1. The van der Waals surface area contributed by atoms with Crippen LogP contribution in [0.3, 0.4) is 0 Å². The monoisotopic (exact) mass is 326 g/mol. The number of fused-ring (bicyclic) bond motifs is 5. The maximum atomic E-state index is 16.1. The molecule has 0 aliphatic carbocycles. The van der Waals surface area contributed by atoms with Crippen LogP contribution in [-0.2, 0) is 5.67 Å². The van der Waals surface area contributed by atoms with Crippen molar-refractivity contribution in [1.82, 2.24) is 9.97 Å². The number of halogens is 1. The summed E-state index contributed by atoms with van der Waals surface area (Å²) in [5.41, 5.74) is 0.320. The van der Waals surface area contributed by atoms with Crippen molar-refractivity contribution in [3.05, 3.63) is 42.2 Å². The molecule has 4 rings (SSSR count). The van der Waals surface area contributed by atoms with Gasteiger partial charge >= 0.3 is 0 Å². The lowest BCUT2D eigenvalue weighted by atomic mass is 9.75. The predicted molar refractivity (Wildman–Crippen MR) is 94.3 cm³/mol. The highest BCUT2D eigenvalue weighted by Gasteiger charge is 2.55. The normalized spacial score (nSPS) is 27.9. The molecule has 0 saturated carbocycles. The van der Waals surface area contributed by atoms with E-state index < -0.39 is 5.67 Å². The highest BCUT2D eigenvalue weighted by atomic mass is 19.1. The first-order valence-electron chi connectivity index (χ1n) is 8.67. The van der Waals surface area contributed by atoms with Gasteiger partial charge < -0.3 is 9.80 Å². The topological polar surface area (TPSA) is 32.3 Å². The summed E-state index contributed by atoms with van der Waals surface area (Å²) in [5, 5.41) is 0. The number of aromatic nitrogens is 2. The molecule has 0 saturated heterocycles. The maximum absolute atomic E-state index is 16.1. The first-order valence-corrected chi connectivity index (χ1v) is 8.67. The predicted octanol–water partition coefficient (Wildman–Crippen LogP) is 4.39. The molecule has 24 heavy (non-hydrogen) atoms. The zero-order chi connectivity index (χ0) is 17.1. The van der Waals surface area contributed by atoms with Crippen LogP contribution >= 0.6 is 0 Å². The molecule has 0 fully saturated rings. The third-order valence-corrected chi connectivity index (χ3v) is 5.53. The molecule has 0 N–H and O–H groups in total. The van der Waals surface area contributed by atoms with Crippen LogP contribution < -0.4 is 9.80 Å². The number of anilines is 3. The number of para-hydroxylation sites is 1. The molecule has 4 nitrogen and oxygen atoms in total. The van der Waals surface area contributed by atoms with Crippen LogP contribution in [0.4, 0.5) is 21.7 Å². The summed E-state index contributed by atoms with van der Waals surface area (Å²) < 4.78 is 16.1. The quantitative estimate of drug-likeness (QED) is 0.819. The van der Waals surface area contributed by atoms with Crippen LogP contribution in [0.2, 0.25) is 0 Å². The molecule has 3 unspecified atom stereocenters. The fraction of sp³-hybridized carbons (Fsp3) is 0.474. The van der Waals surface area contributed by atoms with E-state index in [1.54, 1.807) is 12.4 Å². The van der Waals surface area contributed by atoms with E-state index in [9.17, 15) is 0 Å². The minimum Gasteiger partial charge on any atom is -0.330 e. The van der Waals surface area contributed by atoms with Crippen LogP contribution in [0.1, 0.15) is 39.7 Å². The molecule has 0 spiro atoms. The van der Waals surface area contributed by atoms with Crippen molar-refractivity contribution in [2.45, 2.75) is 52.0 Å². The minimum absolute atomic E-state index is 0.109. The van der Waals surface area contributed by atoms with Crippen molar-refractivity contribution in [3.63, 3.8) is 0 Å². The lowest BCUT2D eigenvalue weighted by Crippen LogP contribution is -2.56. The highest BCUT2D eigenvalue weighted by molar-refractivity contribution is 5.81. The second-order valence-electron chi connectivity index (χ2n) is 7.01. The molecule has 1 aromatic carbocycles. The SMILES string of the molecule is CCC1(F)c2ccccc2N2c3nccnc3N(C(C)C)C2C1C. The third kappa shape index (κ3) is 1.78. The zero-order valence-electron chi connectivity index (χ0n) is 14.6. The second kappa shape index (κ2) is 5.16. The Morgan fingerprint density at radius 1 is 1.17 bits per heavy atom. The van der Waals surface area contributed by atoms with E-state index in [0.717, 1.165) is 22.9 Å². The number of rotatable bonds is 2.